The first-order chi connectivity index (χ1) is 11.9. The summed E-state index contributed by atoms with van der Waals surface area (Å²) in [5.74, 6) is -0.323. The molecule has 4 nitrogen and oxygen atoms in total. The van der Waals surface area contributed by atoms with Gasteiger partial charge in [-0.15, -0.1) is 0 Å². The van der Waals surface area contributed by atoms with Gasteiger partial charge in [-0.2, -0.15) is 0 Å². The van der Waals surface area contributed by atoms with E-state index in [4.69, 9.17) is 17.0 Å². The van der Waals surface area contributed by atoms with E-state index in [1.54, 1.807) is 13.0 Å². The van der Waals surface area contributed by atoms with Crippen molar-refractivity contribution in [3.05, 3.63) is 64.7 Å². The Bertz CT molecular complexity index is 774. The fraction of sp³-hybridized carbons (Fsp3) is 0.300. The normalized spacial score (nSPS) is 11.5. The second-order valence-electron chi connectivity index (χ2n) is 5.88. The maximum Gasteiger partial charge on any atom is 0.338 e. The van der Waals surface area contributed by atoms with E-state index in [0.29, 0.717) is 17.3 Å². The molecule has 2 aromatic rings. The average Bonchev–Trinajstić information content (AvgIpc) is 2.57. The Hall–Kier alpha value is -2.40. The van der Waals surface area contributed by atoms with Gasteiger partial charge in [-0.3, -0.25) is 0 Å². The van der Waals surface area contributed by atoms with Gasteiger partial charge in [-0.25, -0.2) is 4.79 Å². The van der Waals surface area contributed by atoms with Crippen molar-refractivity contribution >= 4 is 29.0 Å². The highest BCUT2D eigenvalue weighted by atomic mass is 32.1. The molecule has 0 fully saturated rings. The van der Waals surface area contributed by atoms with Crippen molar-refractivity contribution in [2.45, 2.75) is 33.7 Å². The standard InChI is InChI=1S/C20H24N2O2S/c1-5-24-19(23)17-11-8-12-18(14(17)3)22-20(25)21-15(4)16-10-7-6-9-13(16)2/h6-12,15H,5H2,1-4H3,(H2,21,22,25). The number of ether oxygens (including phenoxy) is 1. The minimum atomic E-state index is -0.323. The zero-order valence-electron chi connectivity index (χ0n) is 15.1. The predicted molar refractivity (Wildman–Crippen MR) is 106 cm³/mol. The Kier molecular flexibility index (Phi) is 6.53. The van der Waals surface area contributed by atoms with Crippen LogP contribution < -0.4 is 10.6 Å². The Morgan fingerprint density at radius 2 is 1.88 bits per heavy atom. The number of anilines is 1. The van der Waals surface area contributed by atoms with Crippen LogP contribution in [0.4, 0.5) is 5.69 Å². The van der Waals surface area contributed by atoms with E-state index >= 15 is 0 Å². The lowest BCUT2D eigenvalue weighted by molar-refractivity contribution is 0.0525. The van der Waals surface area contributed by atoms with E-state index in [2.05, 4.69) is 36.6 Å². The zero-order valence-corrected chi connectivity index (χ0v) is 15.9. The second kappa shape index (κ2) is 8.62. The molecule has 0 amide bonds. The Balaban J connectivity index is 2.09. The van der Waals surface area contributed by atoms with Gasteiger partial charge in [0.2, 0.25) is 0 Å². The number of aryl methyl sites for hydroxylation is 1. The van der Waals surface area contributed by atoms with Crippen LogP contribution >= 0.6 is 12.2 Å². The number of carbonyl (C=O) groups is 1. The summed E-state index contributed by atoms with van der Waals surface area (Å²) in [4.78, 5) is 12.0. The number of hydrogen-bond acceptors (Lipinski definition) is 3. The third-order valence-corrected chi connectivity index (χ3v) is 4.30. The summed E-state index contributed by atoms with van der Waals surface area (Å²) >= 11 is 5.44. The molecule has 0 saturated heterocycles. The lowest BCUT2D eigenvalue weighted by Crippen LogP contribution is -2.31. The maximum atomic E-state index is 12.0. The molecule has 1 atom stereocenters. The van der Waals surface area contributed by atoms with Crippen LogP contribution in [0.1, 0.15) is 46.9 Å². The molecule has 25 heavy (non-hydrogen) atoms. The molecule has 0 aromatic heterocycles. The second-order valence-corrected chi connectivity index (χ2v) is 6.28. The van der Waals surface area contributed by atoms with Gasteiger partial charge in [0.05, 0.1) is 18.2 Å². The molecular weight excluding hydrogens is 332 g/mol. The number of rotatable bonds is 5. The summed E-state index contributed by atoms with van der Waals surface area (Å²) in [5, 5.41) is 6.98. The molecule has 0 aliphatic rings. The Morgan fingerprint density at radius 3 is 2.56 bits per heavy atom. The molecule has 1 unspecified atom stereocenters. The number of benzene rings is 2. The Labute approximate surface area is 154 Å². The van der Waals surface area contributed by atoms with Crippen molar-refractivity contribution in [2.24, 2.45) is 0 Å². The largest absolute Gasteiger partial charge is 0.462 e. The molecule has 5 heteroatoms. The summed E-state index contributed by atoms with van der Waals surface area (Å²) in [7, 11) is 0. The van der Waals surface area contributed by atoms with E-state index < -0.39 is 0 Å². The summed E-state index contributed by atoms with van der Waals surface area (Å²) in [6.07, 6.45) is 0. The lowest BCUT2D eigenvalue weighted by atomic mass is 10.0. The van der Waals surface area contributed by atoms with E-state index in [1.165, 1.54) is 11.1 Å². The fourth-order valence-electron chi connectivity index (χ4n) is 2.71. The van der Waals surface area contributed by atoms with Gasteiger partial charge < -0.3 is 15.4 Å². The van der Waals surface area contributed by atoms with Gasteiger partial charge in [0.25, 0.3) is 0 Å². The smallest absolute Gasteiger partial charge is 0.338 e. The monoisotopic (exact) mass is 356 g/mol. The van der Waals surface area contributed by atoms with Gasteiger partial charge in [0.1, 0.15) is 0 Å². The van der Waals surface area contributed by atoms with Crippen LogP contribution in [-0.2, 0) is 4.74 Å². The highest BCUT2D eigenvalue weighted by Gasteiger charge is 2.14. The third kappa shape index (κ3) is 4.79. The molecule has 0 spiro atoms. The van der Waals surface area contributed by atoms with Crippen LogP contribution in [0.2, 0.25) is 0 Å². The quantitative estimate of drug-likeness (QED) is 0.609. The van der Waals surface area contributed by atoms with E-state index in [0.717, 1.165) is 11.3 Å². The molecule has 2 rings (SSSR count). The molecule has 2 N–H and O–H groups in total. The number of esters is 1. The molecule has 0 saturated carbocycles. The molecule has 0 aliphatic heterocycles. The number of thiocarbonyl (C=S) groups is 1. The van der Waals surface area contributed by atoms with Gasteiger partial charge >= 0.3 is 5.97 Å². The van der Waals surface area contributed by atoms with Gasteiger partial charge in [-0.1, -0.05) is 30.3 Å². The van der Waals surface area contributed by atoms with Crippen LogP contribution in [0.25, 0.3) is 0 Å². The zero-order chi connectivity index (χ0) is 18.4. The number of nitrogens with one attached hydrogen (secondary N) is 2. The van der Waals surface area contributed by atoms with Crippen LogP contribution in [0.15, 0.2) is 42.5 Å². The molecular formula is C20H24N2O2S. The Morgan fingerprint density at radius 1 is 1.16 bits per heavy atom. The van der Waals surface area contributed by atoms with Gasteiger partial charge in [0, 0.05) is 5.69 Å². The lowest BCUT2D eigenvalue weighted by Gasteiger charge is -2.20. The molecule has 0 aliphatic carbocycles. The van der Waals surface area contributed by atoms with Crippen molar-refractivity contribution in [3.8, 4) is 0 Å². The van der Waals surface area contributed by atoms with Crippen LogP contribution in [0.5, 0.6) is 0 Å². The summed E-state index contributed by atoms with van der Waals surface area (Å²) in [6.45, 7) is 8.17. The number of hydrogen-bond donors (Lipinski definition) is 2. The first kappa shape index (κ1) is 18.9. The SMILES string of the molecule is CCOC(=O)c1cccc(NC(=S)NC(C)c2ccccc2C)c1C. The van der Waals surface area contributed by atoms with Crippen LogP contribution in [-0.4, -0.2) is 17.7 Å². The topological polar surface area (TPSA) is 50.4 Å². The first-order valence-corrected chi connectivity index (χ1v) is 8.74. The van der Waals surface area contributed by atoms with Crippen LogP contribution in [0.3, 0.4) is 0 Å². The molecule has 0 radical (unpaired) electrons. The van der Waals surface area contributed by atoms with Gasteiger partial charge in [-0.05, 0) is 68.7 Å². The van der Waals surface area contributed by atoms with Crippen molar-refractivity contribution < 1.29 is 9.53 Å². The molecule has 0 heterocycles. The average molecular weight is 356 g/mol. The van der Waals surface area contributed by atoms with Crippen molar-refractivity contribution in [2.75, 3.05) is 11.9 Å². The highest BCUT2D eigenvalue weighted by molar-refractivity contribution is 7.80. The third-order valence-electron chi connectivity index (χ3n) is 4.08. The summed E-state index contributed by atoms with van der Waals surface area (Å²) in [6, 6.07) is 13.7. The van der Waals surface area contributed by atoms with E-state index in [-0.39, 0.29) is 12.0 Å². The minimum Gasteiger partial charge on any atom is -0.462 e. The number of carbonyl (C=O) groups excluding carboxylic acids is 1. The highest BCUT2D eigenvalue weighted by Crippen LogP contribution is 2.21. The first-order valence-electron chi connectivity index (χ1n) is 8.33. The fourth-order valence-corrected chi connectivity index (χ4v) is 2.99. The summed E-state index contributed by atoms with van der Waals surface area (Å²) < 4.78 is 5.09. The molecule has 132 valence electrons. The van der Waals surface area contributed by atoms with Crippen molar-refractivity contribution in [1.82, 2.24) is 5.32 Å². The van der Waals surface area contributed by atoms with E-state index in [9.17, 15) is 4.79 Å². The van der Waals surface area contributed by atoms with Crippen molar-refractivity contribution in [1.29, 1.82) is 0 Å². The van der Waals surface area contributed by atoms with Crippen LogP contribution in [0, 0.1) is 13.8 Å². The maximum absolute atomic E-state index is 12.0. The van der Waals surface area contributed by atoms with Crippen molar-refractivity contribution in [3.63, 3.8) is 0 Å². The molecule has 2 aromatic carbocycles. The van der Waals surface area contributed by atoms with Gasteiger partial charge in [0.15, 0.2) is 5.11 Å². The predicted octanol–water partition coefficient (Wildman–Crippen LogP) is 4.53. The van der Waals surface area contributed by atoms with E-state index in [1.807, 2.05) is 31.2 Å². The minimum absolute atomic E-state index is 0.0785. The summed E-state index contributed by atoms with van der Waals surface area (Å²) in [5.41, 5.74) is 4.56. The molecule has 0 bridgehead atoms.